The zero-order chi connectivity index (χ0) is 20.5. The van der Waals surface area contributed by atoms with E-state index in [-0.39, 0.29) is 11.5 Å². The monoisotopic (exact) mass is 386 g/mol. The molecule has 2 aromatic carbocycles. The van der Waals surface area contributed by atoms with Crippen molar-refractivity contribution in [3.8, 4) is 16.9 Å². The number of aromatic nitrogens is 3. The SMILES string of the molecule is CCn1cc(C(=O)Nc2ccc(C)cc2C)c2nn(-c3ccccc3)c(=O)c-2c1. The number of fused-ring (bicyclic) bond motifs is 1. The van der Waals surface area contributed by atoms with Crippen molar-refractivity contribution < 1.29 is 4.79 Å². The van der Waals surface area contributed by atoms with Crippen molar-refractivity contribution in [1.29, 1.82) is 0 Å². The van der Waals surface area contributed by atoms with Crippen LogP contribution in [0.5, 0.6) is 0 Å². The topological polar surface area (TPSA) is 68.9 Å². The maximum absolute atomic E-state index is 13.1. The summed E-state index contributed by atoms with van der Waals surface area (Å²) in [6.45, 7) is 6.56. The predicted octanol–water partition coefficient (Wildman–Crippen LogP) is 4.03. The Bertz CT molecular complexity index is 1220. The summed E-state index contributed by atoms with van der Waals surface area (Å²) >= 11 is 0. The molecule has 1 amide bonds. The van der Waals surface area contributed by atoms with Crippen LogP contribution in [0.4, 0.5) is 5.69 Å². The zero-order valence-corrected chi connectivity index (χ0v) is 16.6. The maximum Gasteiger partial charge on any atom is 0.282 e. The Balaban J connectivity index is 1.83. The van der Waals surface area contributed by atoms with Crippen molar-refractivity contribution in [3.05, 3.63) is 88.0 Å². The first-order valence-electron chi connectivity index (χ1n) is 9.54. The van der Waals surface area contributed by atoms with Gasteiger partial charge in [-0.05, 0) is 44.5 Å². The third-order valence-corrected chi connectivity index (χ3v) is 4.96. The number of aryl methyl sites for hydroxylation is 3. The van der Waals surface area contributed by atoms with E-state index in [1.807, 2.05) is 73.9 Å². The molecule has 1 N–H and O–H groups in total. The Labute approximate surface area is 168 Å². The normalized spacial score (nSPS) is 11.0. The summed E-state index contributed by atoms with van der Waals surface area (Å²) < 4.78 is 3.18. The second-order valence-corrected chi connectivity index (χ2v) is 7.09. The number of nitrogens with one attached hydrogen (secondary N) is 1. The second kappa shape index (κ2) is 7.39. The molecule has 0 aliphatic carbocycles. The summed E-state index contributed by atoms with van der Waals surface area (Å²) in [5, 5.41) is 7.45. The van der Waals surface area contributed by atoms with Crippen LogP contribution < -0.4 is 10.9 Å². The number of nitrogens with zero attached hydrogens (tertiary/aromatic N) is 3. The quantitative estimate of drug-likeness (QED) is 0.576. The zero-order valence-electron chi connectivity index (χ0n) is 16.6. The third-order valence-electron chi connectivity index (χ3n) is 4.96. The average molecular weight is 386 g/mol. The molecule has 0 radical (unpaired) electrons. The van der Waals surface area contributed by atoms with E-state index < -0.39 is 0 Å². The molecule has 0 aromatic heterocycles. The van der Waals surface area contributed by atoms with Gasteiger partial charge < -0.3 is 9.88 Å². The van der Waals surface area contributed by atoms with Gasteiger partial charge in [0.25, 0.3) is 11.5 Å². The number of carbonyl (C=O) groups is 1. The molecule has 0 unspecified atom stereocenters. The summed E-state index contributed by atoms with van der Waals surface area (Å²) in [4.78, 5) is 26.1. The first-order valence-corrected chi connectivity index (χ1v) is 9.54. The summed E-state index contributed by atoms with van der Waals surface area (Å²) in [6, 6.07) is 15.1. The van der Waals surface area contributed by atoms with Gasteiger partial charge >= 0.3 is 0 Å². The molecule has 0 bridgehead atoms. The van der Waals surface area contributed by atoms with Crippen LogP contribution in [0.3, 0.4) is 0 Å². The number of carbonyl (C=O) groups excluding carboxylic acids is 1. The minimum Gasteiger partial charge on any atom is -0.353 e. The summed E-state index contributed by atoms with van der Waals surface area (Å²) in [6.07, 6.45) is 3.49. The highest BCUT2D eigenvalue weighted by Gasteiger charge is 2.24. The van der Waals surface area contributed by atoms with Crippen molar-refractivity contribution in [2.75, 3.05) is 5.32 Å². The van der Waals surface area contributed by atoms with E-state index in [1.54, 1.807) is 12.4 Å². The minimum absolute atomic E-state index is 0.241. The Hall–Kier alpha value is -3.67. The van der Waals surface area contributed by atoms with Gasteiger partial charge in [0, 0.05) is 24.6 Å². The number of hydrogen-bond acceptors (Lipinski definition) is 3. The van der Waals surface area contributed by atoms with Gasteiger partial charge in [-0.15, -0.1) is 0 Å². The summed E-state index contributed by atoms with van der Waals surface area (Å²) in [5.41, 5.74) is 4.46. The molecular formula is C23H22N4O2. The standard InChI is InChI=1S/C23H22N4O2/c1-4-26-13-18(22(28)24-20-11-10-15(2)12-16(20)3)21-19(14-26)23(29)27(25-21)17-8-6-5-7-9-17/h5-14H,4H2,1-3H3,(H,24,28). The van der Waals surface area contributed by atoms with Crippen LogP contribution in [0.2, 0.25) is 0 Å². The Morgan fingerprint density at radius 2 is 1.83 bits per heavy atom. The molecule has 6 nitrogen and oxygen atoms in total. The van der Waals surface area contributed by atoms with E-state index in [1.165, 1.54) is 4.68 Å². The summed E-state index contributed by atoms with van der Waals surface area (Å²) in [7, 11) is 0. The van der Waals surface area contributed by atoms with Crippen molar-refractivity contribution in [1.82, 2.24) is 14.3 Å². The largest absolute Gasteiger partial charge is 0.353 e. The van der Waals surface area contributed by atoms with Crippen molar-refractivity contribution in [2.24, 2.45) is 0 Å². The van der Waals surface area contributed by atoms with Crippen molar-refractivity contribution in [3.63, 3.8) is 0 Å². The van der Waals surface area contributed by atoms with E-state index in [2.05, 4.69) is 10.4 Å². The smallest absolute Gasteiger partial charge is 0.282 e. The molecule has 0 atom stereocenters. The van der Waals surface area contributed by atoms with Gasteiger partial charge in [-0.1, -0.05) is 35.9 Å². The maximum atomic E-state index is 13.1. The number of hydrogen-bond donors (Lipinski definition) is 1. The van der Waals surface area contributed by atoms with Crippen LogP contribution in [0.25, 0.3) is 16.9 Å². The van der Waals surface area contributed by atoms with Crippen LogP contribution >= 0.6 is 0 Å². The van der Waals surface area contributed by atoms with Gasteiger partial charge in [0.15, 0.2) is 0 Å². The van der Waals surface area contributed by atoms with E-state index in [0.717, 1.165) is 16.8 Å². The van der Waals surface area contributed by atoms with Crippen LogP contribution in [-0.4, -0.2) is 20.3 Å². The average Bonchev–Trinajstić information content (AvgIpc) is 3.06. The van der Waals surface area contributed by atoms with Gasteiger partial charge in [-0.2, -0.15) is 9.78 Å². The fraction of sp³-hybridized carbons (Fsp3) is 0.174. The summed E-state index contributed by atoms with van der Waals surface area (Å²) in [5.74, 6) is -0.289. The highest BCUT2D eigenvalue weighted by molar-refractivity contribution is 6.08. The van der Waals surface area contributed by atoms with E-state index in [4.69, 9.17) is 0 Å². The lowest BCUT2D eigenvalue weighted by Gasteiger charge is -2.13. The number of benzene rings is 2. The van der Waals surface area contributed by atoms with Crippen molar-refractivity contribution >= 4 is 11.6 Å². The van der Waals surface area contributed by atoms with Crippen LogP contribution in [0, 0.1) is 13.8 Å². The van der Waals surface area contributed by atoms with E-state index >= 15 is 0 Å². The first-order chi connectivity index (χ1) is 14.0. The van der Waals surface area contributed by atoms with E-state index in [0.29, 0.717) is 29.1 Å². The van der Waals surface area contributed by atoms with Gasteiger partial charge in [0.05, 0.1) is 16.8 Å². The molecule has 0 saturated heterocycles. The van der Waals surface area contributed by atoms with Crippen LogP contribution in [0.15, 0.2) is 65.7 Å². The number of anilines is 1. The highest BCUT2D eigenvalue weighted by atomic mass is 16.2. The van der Waals surface area contributed by atoms with Gasteiger partial charge in [0.1, 0.15) is 5.69 Å². The number of amides is 1. The van der Waals surface area contributed by atoms with Gasteiger partial charge in [0.2, 0.25) is 0 Å². The fourth-order valence-electron chi connectivity index (χ4n) is 3.40. The van der Waals surface area contributed by atoms with Crippen LogP contribution in [-0.2, 0) is 6.54 Å². The molecule has 2 aromatic rings. The molecule has 2 aliphatic heterocycles. The lowest BCUT2D eigenvalue weighted by atomic mass is 10.1. The highest BCUT2D eigenvalue weighted by Crippen LogP contribution is 2.24. The molecule has 2 aliphatic rings. The van der Waals surface area contributed by atoms with Gasteiger partial charge in [-0.3, -0.25) is 9.59 Å². The number of para-hydroxylation sites is 1. The molecule has 4 rings (SSSR count). The second-order valence-electron chi connectivity index (χ2n) is 7.09. The molecule has 0 spiro atoms. The number of rotatable bonds is 4. The third kappa shape index (κ3) is 3.45. The molecule has 29 heavy (non-hydrogen) atoms. The first kappa shape index (κ1) is 18.7. The Kier molecular flexibility index (Phi) is 4.76. The molecule has 2 heterocycles. The minimum atomic E-state index is -0.289. The Morgan fingerprint density at radius 3 is 2.52 bits per heavy atom. The molecule has 6 heteroatoms. The molecule has 0 saturated carbocycles. The van der Waals surface area contributed by atoms with Crippen LogP contribution in [0.1, 0.15) is 28.4 Å². The predicted molar refractivity (Wildman–Crippen MR) is 114 cm³/mol. The van der Waals surface area contributed by atoms with Gasteiger partial charge in [-0.25, -0.2) is 0 Å². The number of pyridine rings is 1. The fourth-order valence-corrected chi connectivity index (χ4v) is 3.40. The Morgan fingerprint density at radius 1 is 1.07 bits per heavy atom. The molecular weight excluding hydrogens is 364 g/mol. The molecule has 0 fully saturated rings. The molecule has 146 valence electrons. The van der Waals surface area contributed by atoms with E-state index in [9.17, 15) is 9.59 Å². The lowest BCUT2D eigenvalue weighted by molar-refractivity contribution is 0.102. The lowest BCUT2D eigenvalue weighted by Crippen LogP contribution is -2.18. The van der Waals surface area contributed by atoms with Crippen molar-refractivity contribution in [2.45, 2.75) is 27.3 Å².